The average Bonchev–Trinajstić information content (AvgIpc) is 2.78. The van der Waals surface area contributed by atoms with Crippen molar-refractivity contribution in [2.45, 2.75) is 103 Å². The molecular weight excluding hydrogens is 371 g/mol. The van der Waals surface area contributed by atoms with E-state index in [9.17, 15) is 4.39 Å². The van der Waals surface area contributed by atoms with Gasteiger partial charge in [-0.05, 0) is 67.6 Å². The lowest BCUT2D eigenvalue weighted by molar-refractivity contribution is 0.302. The minimum absolute atomic E-state index is 0.127. The highest BCUT2D eigenvalue weighted by Crippen LogP contribution is 2.37. The topological polar surface area (TPSA) is 25.8 Å². The molecule has 1 fully saturated rings. The molecule has 164 valence electrons. The number of unbranched alkanes of at least 4 members (excludes halogenated alkanes) is 5. The van der Waals surface area contributed by atoms with E-state index in [4.69, 9.17) is 0 Å². The summed E-state index contributed by atoms with van der Waals surface area (Å²) in [5.41, 5.74) is 2.83. The van der Waals surface area contributed by atoms with Crippen molar-refractivity contribution in [3.8, 4) is 11.4 Å². The molecular formula is C27H39FN2. The lowest BCUT2D eigenvalue weighted by Crippen LogP contribution is -2.14. The number of halogens is 1. The fourth-order valence-electron chi connectivity index (χ4n) is 4.80. The molecule has 1 aliphatic carbocycles. The Hall–Kier alpha value is -1.77. The smallest absolute Gasteiger partial charge is 0.159 e. The van der Waals surface area contributed by atoms with Gasteiger partial charge < -0.3 is 0 Å². The Kier molecular flexibility index (Phi) is 9.29. The number of nitrogens with zero attached hydrogens (tertiary/aromatic N) is 2. The molecule has 1 aliphatic rings. The van der Waals surface area contributed by atoms with Gasteiger partial charge in [-0.15, -0.1) is 0 Å². The molecule has 0 atom stereocenters. The highest BCUT2D eigenvalue weighted by atomic mass is 19.1. The van der Waals surface area contributed by atoms with Crippen molar-refractivity contribution in [1.29, 1.82) is 0 Å². The van der Waals surface area contributed by atoms with Crippen LogP contribution in [0.25, 0.3) is 11.4 Å². The van der Waals surface area contributed by atoms with Gasteiger partial charge in [-0.1, -0.05) is 70.9 Å². The maximum Gasteiger partial charge on any atom is 0.159 e. The summed E-state index contributed by atoms with van der Waals surface area (Å²) in [6.45, 7) is 4.47. The lowest BCUT2D eigenvalue weighted by atomic mass is 9.77. The van der Waals surface area contributed by atoms with E-state index in [-0.39, 0.29) is 5.82 Å². The van der Waals surface area contributed by atoms with Crippen LogP contribution < -0.4 is 0 Å². The second-order valence-electron chi connectivity index (χ2n) is 9.17. The van der Waals surface area contributed by atoms with Crippen molar-refractivity contribution in [1.82, 2.24) is 9.97 Å². The van der Waals surface area contributed by atoms with Gasteiger partial charge in [-0.3, -0.25) is 0 Å². The molecule has 30 heavy (non-hydrogen) atoms. The summed E-state index contributed by atoms with van der Waals surface area (Å²) >= 11 is 0. The number of hydrogen-bond donors (Lipinski definition) is 0. The normalized spacial score (nSPS) is 19.2. The summed E-state index contributed by atoms with van der Waals surface area (Å²) < 4.78 is 14.5. The van der Waals surface area contributed by atoms with Crippen molar-refractivity contribution >= 4 is 0 Å². The van der Waals surface area contributed by atoms with Crippen LogP contribution in [0.15, 0.2) is 30.6 Å². The minimum Gasteiger partial charge on any atom is -0.236 e. The molecule has 2 aromatic rings. The monoisotopic (exact) mass is 410 g/mol. The Balaban J connectivity index is 1.54. The summed E-state index contributed by atoms with van der Waals surface area (Å²) in [6, 6.07) is 5.48. The molecule has 0 unspecified atom stereocenters. The summed E-state index contributed by atoms with van der Waals surface area (Å²) in [7, 11) is 0. The molecule has 3 heteroatoms. The van der Waals surface area contributed by atoms with E-state index in [0.29, 0.717) is 11.7 Å². The molecule has 0 bridgehead atoms. The quantitative estimate of drug-likeness (QED) is 0.348. The highest BCUT2D eigenvalue weighted by Gasteiger charge is 2.22. The number of rotatable bonds is 11. The van der Waals surface area contributed by atoms with Gasteiger partial charge >= 0.3 is 0 Å². The van der Waals surface area contributed by atoms with Crippen LogP contribution >= 0.6 is 0 Å². The Labute approximate surface area is 182 Å². The number of aryl methyl sites for hydroxylation is 1. The molecule has 0 amide bonds. The van der Waals surface area contributed by atoms with Gasteiger partial charge in [-0.2, -0.15) is 0 Å². The van der Waals surface area contributed by atoms with Gasteiger partial charge in [0.15, 0.2) is 5.82 Å². The van der Waals surface area contributed by atoms with Gasteiger partial charge in [0.1, 0.15) is 5.82 Å². The van der Waals surface area contributed by atoms with Crippen LogP contribution in [0.2, 0.25) is 0 Å². The van der Waals surface area contributed by atoms with Crippen LogP contribution in [0, 0.1) is 11.7 Å². The van der Waals surface area contributed by atoms with Crippen molar-refractivity contribution in [3.63, 3.8) is 0 Å². The molecule has 0 aliphatic heterocycles. The molecule has 3 rings (SSSR count). The van der Waals surface area contributed by atoms with Crippen LogP contribution in [0.3, 0.4) is 0 Å². The molecule has 1 aromatic carbocycles. The van der Waals surface area contributed by atoms with Crippen molar-refractivity contribution in [2.24, 2.45) is 5.92 Å². The zero-order chi connectivity index (χ0) is 21.2. The van der Waals surface area contributed by atoms with E-state index in [1.165, 1.54) is 76.2 Å². The van der Waals surface area contributed by atoms with Gasteiger partial charge in [0.25, 0.3) is 0 Å². The third-order valence-electron chi connectivity index (χ3n) is 6.82. The Bertz CT molecular complexity index is 748. The first-order chi connectivity index (χ1) is 14.7. The summed E-state index contributed by atoms with van der Waals surface area (Å²) in [5, 5.41) is 0. The fourth-order valence-corrected chi connectivity index (χ4v) is 4.80. The molecule has 1 aromatic heterocycles. The van der Waals surface area contributed by atoms with Gasteiger partial charge in [0, 0.05) is 18.0 Å². The first-order valence-corrected chi connectivity index (χ1v) is 12.3. The highest BCUT2D eigenvalue weighted by molar-refractivity contribution is 5.55. The van der Waals surface area contributed by atoms with Crippen LogP contribution in [0.5, 0.6) is 0 Å². The Morgan fingerprint density at radius 1 is 0.867 bits per heavy atom. The van der Waals surface area contributed by atoms with Crippen LogP contribution in [-0.2, 0) is 6.42 Å². The van der Waals surface area contributed by atoms with E-state index in [2.05, 4.69) is 23.8 Å². The summed E-state index contributed by atoms with van der Waals surface area (Å²) in [4.78, 5) is 9.17. The largest absolute Gasteiger partial charge is 0.236 e. The second kappa shape index (κ2) is 12.2. The molecule has 1 saturated carbocycles. The lowest BCUT2D eigenvalue weighted by Gasteiger charge is -2.28. The van der Waals surface area contributed by atoms with Gasteiger partial charge in [-0.25, -0.2) is 14.4 Å². The first kappa shape index (κ1) is 22.9. The number of hydrogen-bond acceptors (Lipinski definition) is 2. The molecule has 0 saturated heterocycles. The third kappa shape index (κ3) is 6.62. The SMILES string of the molecule is CCCCCCc1ccc(-c2ncc([C@H]3CC[C@H](CCCCC)CC3)cn2)cc1F. The molecule has 0 spiro atoms. The third-order valence-corrected chi connectivity index (χ3v) is 6.82. The van der Waals surface area contributed by atoms with Gasteiger partial charge in [0.05, 0.1) is 0 Å². The Morgan fingerprint density at radius 3 is 2.23 bits per heavy atom. The second-order valence-corrected chi connectivity index (χ2v) is 9.17. The average molecular weight is 411 g/mol. The zero-order valence-corrected chi connectivity index (χ0v) is 19.0. The number of benzene rings is 1. The molecule has 2 nitrogen and oxygen atoms in total. The standard InChI is InChI=1S/C27H39FN2/c1-3-5-7-9-11-23-16-17-24(18-26(23)28)27-29-19-25(20-30-27)22-14-12-21(13-15-22)10-8-6-4-2/h16-22H,3-15H2,1-2H3/t21-,22-. The molecule has 0 radical (unpaired) electrons. The summed E-state index contributed by atoms with van der Waals surface area (Å²) in [5.74, 6) is 2.00. The Morgan fingerprint density at radius 2 is 1.57 bits per heavy atom. The molecule has 0 N–H and O–H groups in total. The van der Waals surface area contributed by atoms with Crippen LogP contribution in [0.4, 0.5) is 4.39 Å². The van der Waals surface area contributed by atoms with Crippen LogP contribution in [-0.4, -0.2) is 9.97 Å². The van der Waals surface area contributed by atoms with E-state index in [1.54, 1.807) is 6.07 Å². The van der Waals surface area contributed by atoms with E-state index >= 15 is 0 Å². The first-order valence-electron chi connectivity index (χ1n) is 12.3. The van der Waals surface area contributed by atoms with E-state index < -0.39 is 0 Å². The molecule has 1 heterocycles. The van der Waals surface area contributed by atoms with Crippen LogP contribution in [0.1, 0.15) is 108 Å². The summed E-state index contributed by atoms with van der Waals surface area (Å²) in [6.07, 6.45) is 20.0. The number of aromatic nitrogens is 2. The predicted molar refractivity (Wildman–Crippen MR) is 124 cm³/mol. The van der Waals surface area contributed by atoms with Crippen molar-refractivity contribution < 1.29 is 4.39 Å². The van der Waals surface area contributed by atoms with Gasteiger partial charge in [0.2, 0.25) is 0 Å². The zero-order valence-electron chi connectivity index (χ0n) is 19.0. The van der Waals surface area contributed by atoms with E-state index in [1.807, 2.05) is 24.5 Å². The maximum atomic E-state index is 14.5. The maximum absolute atomic E-state index is 14.5. The van der Waals surface area contributed by atoms with Crippen molar-refractivity contribution in [2.75, 3.05) is 0 Å². The van der Waals surface area contributed by atoms with E-state index in [0.717, 1.165) is 29.9 Å². The minimum atomic E-state index is -0.127. The fraction of sp³-hybridized carbons (Fsp3) is 0.630. The predicted octanol–water partition coefficient (Wildman–Crippen LogP) is 8.26. The van der Waals surface area contributed by atoms with Crippen molar-refractivity contribution in [3.05, 3.63) is 47.5 Å².